The van der Waals surface area contributed by atoms with Crippen LogP contribution < -0.4 is 5.32 Å². The minimum atomic E-state index is -0.0757. The molecule has 1 aliphatic carbocycles. The van der Waals surface area contributed by atoms with Crippen molar-refractivity contribution in [3.63, 3.8) is 0 Å². The number of amides is 1. The first-order valence-electron chi connectivity index (χ1n) is 7.10. The predicted molar refractivity (Wildman–Crippen MR) is 75.8 cm³/mol. The van der Waals surface area contributed by atoms with Crippen molar-refractivity contribution in [1.82, 2.24) is 24.6 Å². The van der Waals surface area contributed by atoms with E-state index in [0.29, 0.717) is 31.4 Å². The second-order valence-corrected chi connectivity index (χ2v) is 5.15. The van der Waals surface area contributed by atoms with Crippen LogP contribution in [0.3, 0.4) is 0 Å². The van der Waals surface area contributed by atoms with Crippen LogP contribution in [-0.4, -0.2) is 39.0 Å². The lowest BCUT2D eigenvalue weighted by Gasteiger charge is -2.09. The molecule has 0 spiro atoms. The minimum Gasteiger partial charge on any atom is -0.383 e. The number of nitrogens with one attached hydrogen (secondary N) is 1. The fraction of sp³-hybridized carbons (Fsp3) is 0.500. The lowest BCUT2D eigenvalue weighted by Crippen LogP contribution is -2.27. The summed E-state index contributed by atoms with van der Waals surface area (Å²) in [6, 6.07) is 4.25. The Balaban J connectivity index is 1.60. The number of ether oxygens (including phenoxy) is 1. The van der Waals surface area contributed by atoms with E-state index in [9.17, 15) is 4.79 Å². The topological polar surface area (TPSA) is 74.0 Å². The van der Waals surface area contributed by atoms with Gasteiger partial charge in [-0.3, -0.25) is 4.79 Å². The molecule has 2 heterocycles. The highest BCUT2D eigenvalue weighted by Gasteiger charge is 2.26. The van der Waals surface area contributed by atoms with Crippen LogP contribution in [0.4, 0.5) is 0 Å². The summed E-state index contributed by atoms with van der Waals surface area (Å²) in [5, 5.41) is 10.8. The second-order valence-electron chi connectivity index (χ2n) is 5.15. The highest BCUT2D eigenvalue weighted by Crippen LogP contribution is 2.35. The van der Waals surface area contributed by atoms with Crippen molar-refractivity contribution in [2.24, 2.45) is 0 Å². The lowest BCUT2D eigenvalue weighted by atomic mass is 10.4. The third-order valence-corrected chi connectivity index (χ3v) is 3.59. The summed E-state index contributed by atoms with van der Waals surface area (Å²) in [5.74, 6) is 0.651. The molecular formula is C14H19N5O2. The van der Waals surface area contributed by atoms with E-state index < -0.39 is 0 Å². The molecule has 0 saturated heterocycles. The van der Waals surface area contributed by atoms with Crippen LogP contribution in [-0.2, 0) is 17.8 Å². The van der Waals surface area contributed by atoms with Crippen LogP contribution in [0.25, 0.3) is 0 Å². The van der Waals surface area contributed by atoms with Crippen LogP contribution in [0.1, 0.15) is 35.2 Å². The summed E-state index contributed by atoms with van der Waals surface area (Å²) >= 11 is 0. The number of hydrogen-bond donors (Lipinski definition) is 1. The summed E-state index contributed by atoms with van der Waals surface area (Å²) < 4.78 is 8.96. The van der Waals surface area contributed by atoms with E-state index in [0.717, 1.165) is 18.7 Å². The van der Waals surface area contributed by atoms with Crippen molar-refractivity contribution >= 4 is 5.91 Å². The fourth-order valence-corrected chi connectivity index (χ4v) is 2.30. The fourth-order valence-electron chi connectivity index (χ4n) is 2.30. The number of carbonyl (C=O) groups is 1. The highest BCUT2D eigenvalue weighted by atomic mass is 16.5. The normalized spacial score (nSPS) is 14.3. The molecule has 7 nitrogen and oxygen atoms in total. The van der Waals surface area contributed by atoms with Crippen LogP contribution in [0, 0.1) is 0 Å². The molecule has 0 bridgehead atoms. The minimum absolute atomic E-state index is 0.0757. The van der Waals surface area contributed by atoms with Gasteiger partial charge in [0.15, 0.2) is 5.82 Å². The Morgan fingerprint density at radius 3 is 3.14 bits per heavy atom. The molecule has 3 rings (SSSR count). The summed E-state index contributed by atoms with van der Waals surface area (Å²) in [5.41, 5.74) is 0.709. The Morgan fingerprint density at radius 2 is 2.38 bits per heavy atom. The smallest absolute Gasteiger partial charge is 0.268 e. The van der Waals surface area contributed by atoms with Gasteiger partial charge >= 0.3 is 0 Å². The predicted octanol–water partition coefficient (Wildman–Crippen LogP) is 0.991. The first-order valence-corrected chi connectivity index (χ1v) is 7.10. The quantitative estimate of drug-likeness (QED) is 0.825. The van der Waals surface area contributed by atoms with Crippen molar-refractivity contribution < 1.29 is 9.53 Å². The Morgan fingerprint density at radius 1 is 1.52 bits per heavy atom. The largest absolute Gasteiger partial charge is 0.383 e. The van der Waals surface area contributed by atoms with Gasteiger partial charge in [-0.1, -0.05) is 0 Å². The average Bonchev–Trinajstić information content (AvgIpc) is 3.05. The van der Waals surface area contributed by atoms with E-state index in [1.807, 2.05) is 27.5 Å². The Hall–Kier alpha value is -2.15. The molecule has 1 fully saturated rings. The van der Waals surface area contributed by atoms with Crippen molar-refractivity contribution in [3.8, 4) is 0 Å². The van der Waals surface area contributed by atoms with Crippen LogP contribution in [0.2, 0.25) is 0 Å². The summed E-state index contributed by atoms with van der Waals surface area (Å²) in [6.07, 6.45) is 5.92. The SMILES string of the molecule is COCCn1cnnc1CNC(=O)c1cccn1C1CC1. The Labute approximate surface area is 122 Å². The maximum absolute atomic E-state index is 12.3. The van der Waals surface area contributed by atoms with Gasteiger partial charge in [0, 0.05) is 25.9 Å². The molecule has 21 heavy (non-hydrogen) atoms. The molecular weight excluding hydrogens is 270 g/mol. The van der Waals surface area contributed by atoms with Gasteiger partial charge < -0.3 is 19.2 Å². The molecule has 2 aromatic rings. The first kappa shape index (κ1) is 13.8. The molecule has 112 valence electrons. The average molecular weight is 289 g/mol. The van der Waals surface area contributed by atoms with Crippen LogP contribution >= 0.6 is 0 Å². The van der Waals surface area contributed by atoms with Crippen molar-refractivity contribution in [1.29, 1.82) is 0 Å². The van der Waals surface area contributed by atoms with Crippen LogP contribution in [0.5, 0.6) is 0 Å². The van der Waals surface area contributed by atoms with E-state index in [1.165, 1.54) is 0 Å². The van der Waals surface area contributed by atoms with Crippen molar-refractivity contribution in [2.45, 2.75) is 32.0 Å². The molecule has 1 aliphatic rings. The third-order valence-electron chi connectivity index (χ3n) is 3.59. The molecule has 2 aromatic heterocycles. The summed E-state index contributed by atoms with van der Waals surface area (Å²) in [7, 11) is 1.65. The van der Waals surface area contributed by atoms with Gasteiger partial charge in [0.1, 0.15) is 12.0 Å². The van der Waals surface area contributed by atoms with Gasteiger partial charge in [0.05, 0.1) is 13.2 Å². The monoisotopic (exact) mass is 289 g/mol. The highest BCUT2D eigenvalue weighted by molar-refractivity contribution is 5.92. The molecule has 1 N–H and O–H groups in total. The Bertz CT molecular complexity index is 614. The van der Waals surface area contributed by atoms with E-state index in [1.54, 1.807) is 13.4 Å². The molecule has 0 aliphatic heterocycles. The second kappa shape index (κ2) is 6.09. The molecule has 0 atom stereocenters. The molecule has 1 amide bonds. The standard InChI is InChI=1S/C14H19N5O2/c1-21-8-7-18-10-16-17-13(18)9-15-14(20)12-3-2-6-19(12)11-4-5-11/h2-3,6,10-11H,4-5,7-9H2,1H3,(H,15,20). The molecule has 0 radical (unpaired) electrons. The van der Waals surface area contributed by atoms with E-state index >= 15 is 0 Å². The number of carbonyl (C=O) groups excluding carboxylic acids is 1. The number of hydrogen-bond acceptors (Lipinski definition) is 4. The third kappa shape index (κ3) is 3.13. The zero-order chi connectivity index (χ0) is 14.7. The van der Waals surface area contributed by atoms with E-state index in [4.69, 9.17) is 4.74 Å². The maximum atomic E-state index is 12.3. The van der Waals surface area contributed by atoms with E-state index in [-0.39, 0.29) is 5.91 Å². The van der Waals surface area contributed by atoms with E-state index in [2.05, 4.69) is 15.5 Å². The molecule has 7 heteroatoms. The number of methoxy groups -OCH3 is 1. The zero-order valence-corrected chi connectivity index (χ0v) is 12.0. The number of aromatic nitrogens is 4. The van der Waals surface area contributed by atoms with Gasteiger partial charge in [0.25, 0.3) is 5.91 Å². The van der Waals surface area contributed by atoms with Gasteiger partial charge in [-0.15, -0.1) is 10.2 Å². The summed E-state index contributed by atoms with van der Waals surface area (Å²) in [6.45, 7) is 1.62. The van der Waals surface area contributed by atoms with Gasteiger partial charge in [-0.25, -0.2) is 0 Å². The van der Waals surface area contributed by atoms with Gasteiger partial charge in [-0.2, -0.15) is 0 Å². The molecule has 0 unspecified atom stereocenters. The maximum Gasteiger partial charge on any atom is 0.268 e. The number of rotatable bonds is 7. The van der Waals surface area contributed by atoms with Gasteiger partial charge in [0.2, 0.25) is 0 Å². The van der Waals surface area contributed by atoms with Crippen LogP contribution in [0.15, 0.2) is 24.7 Å². The number of nitrogens with zero attached hydrogens (tertiary/aromatic N) is 4. The lowest BCUT2D eigenvalue weighted by molar-refractivity contribution is 0.0939. The first-order chi connectivity index (χ1) is 10.3. The molecule has 0 aromatic carbocycles. The zero-order valence-electron chi connectivity index (χ0n) is 12.0. The van der Waals surface area contributed by atoms with Crippen molar-refractivity contribution in [2.75, 3.05) is 13.7 Å². The van der Waals surface area contributed by atoms with Crippen molar-refractivity contribution in [3.05, 3.63) is 36.2 Å². The molecule has 1 saturated carbocycles. The van der Waals surface area contributed by atoms with Gasteiger partial charge in [-0.05, 0) is 25.0 Å². The Kier molecular flexibility index (Phi) is 4.01. The summed E-state index contributed by atoms with van der Waals surface area (Å²) in [4.78, 5) is 12.3.